The molecule has 24 heavy (non-hydrogen) atoms. The normalized spacial score (nSPS) is 15.9. The predicted octanol–water partition coefficient (Wildman–Crippen LogP) is -0.0507. The highest BCUT2D eigenvalue weighted by atomic mass is 32.2. The molecule has 2 rings (SSSR count). The van der Waals surface area contributed by atoms with Gasteiger partial charge in [0.15, 0.2) is 0 Å². The first-order valence-electron chi connectivity index (χ1n) is 7.45. The van der Waals surface area contributed by atoms with Crippen LogP contribution in [0.3, 0.4) is 0 Å². The Morgan fingerprint density at radius 1 is 1.12 bits per heavy atom. The summed E-state index contributed by atoms with van der Waals surface area (Å²) in [6.07, 6.45) is 2.31. The lowest BCUT2D eigenvalue weighted by molar-refractivity contribution is -0.117. The van der Waals surface area contributed by atoms with E-state index < -0.39 is 20.0 Å². The molecule has 1 aromatic carbocycles. The molecule has 1 fully saturated rings. The largest absolute Gasteiger partial charge is 0.312 e. The van der Waals surface area contributed by atoms with Crippen LogP contribution < -0.4 is 14.3 Å². The maximum atomic E-state index is 12.3. The van der Waals surface area contributed by atoms with Crippen LogP contribution in [0.1, 0.15) is 18.4 Å². The molecule has 0 spiro atoms. The van der Waals surface area contributed by atoms with Crippen LogP contribution in [-0.4, -0.2) is 48.6 Å². The maximum absolute atomic E-state index is 12.3. The molecular weight excluding hydrogens is 354 g/mol. The van der Waals surface area contributed by atoms with Crippen molar-refractivity contribution in [3.63, 3.8) is 0 Å². The van der Waals surface area contributed by atoms with E-state index in [0.717, 1.165) is 12.7 Å². The third kappa shape index (κ3) is 4.76. The number of nitrogens with one attached hydrogen (secondary N) is 2. The zero-order valence-corrected chi connectivity index (χ0v) is 15.2. The van der Waals surface area contributed by atoms with E-state index in [9.17, 15) is 21.6 Å². The van der Waals surface area contributed by atoms with Crippen LogP contribution >= 0.6 is 0 Å². The van der Waals surface area contributed by atoms with E-state index in [2.05, 4.69) is 9.44 Å². The molecule has 1 amide bonds. The van der Waals surface area contributed by atoms with Gasteiger partial charge in [-0.15, -0.1) is 0 Å². The maximum Gasteiger partial charge on any atom is 0.240 e. The number of aryl methyl sites for hydroxylation is 1. The number of anilines is 1. The summed E-state index contributed by atoms with van der Waals surface area (Å²) in [5.74, 6) is 0.0370. The number of sulfonamides is 2. The minimum absolute atomic E-state index is 0.0303. The molecule has 134 valence electrons. The van der Waals surface area contributed by atoms with Gasteiger partial charge < -0.3 is 4.90 Å². The molecule has 0 bridgehead atoms. The van der Waals surface area contributed by atoms with Gasteiger partial charge in [0, 0.05) is 31.7 Å². The molecule has 0 aliphatic carbocycles. The molecule has 0 saturated carbocycles. The average Bonchev–Trinajstić information content (AvgIpc) is 2.88. The number of carbonyl (C=O) groups excluding carboxylic acids is 1. The second kappa shape index (κ2) is 7.18. The van der Waals surface area contributed by atoms with Crippen LogP contribution in [-0.2, 0) is 24.8 Å². The fourth-order valence-electron chi connectivity index (χ4n) is 2.52. The predicted molar refractivity (Wildman–Crippen MR) is 90.8 cm³/mol. The van der Waals surface area contributed by atoms with Crippen LogP contribution in [0.5, 0.6) is 0 Å². The fraction of sp³-hybridized carbons (Fsp3) is 0.500. The van der Waals surface area contributed by atoms with Crippen molar-refractivity contribution in [3.05, 3.63) is 23.8 Å². The Kier molecular flexibility index (Phi) is 5.63. The zero-order chi connectivity index (χ0) is 18.0. The van der Waals surface area contributed by atoms with E-state index in [0.29, 0.717) is 24.2 Å². The molecular formula is C14H21N3O5S2. The van der Waals surface area contributed by atoms with Gasteiger partial charge in [0.25, 0.3) is 0 Å². The minimum Gasteiger partial charge on any atom is -0.312 e. The van der Waals surface area contributed by atoms with Crippen molar-refractivity contribution >= 4 is 31.6 Å². The summed E-state index contributed by atoms with van der Waals surface area (Å²) in [5, 5.41) is 0. The number of rotatable bonds is 7. The Hall–Kier alpha value is -1.49. The standard InChI is InChI=1S/C14H21N3O5S2/c1-11-10-12(17-9-3-4-14(17)18)5-6-13(11)24(21,22)16-8-7-15-23(2,19)20/h5-6,10,15-16H,3-4,7-9H2,1-2H3. The highest BCUT2D eigenvalue weighted by Crippen LogP contribution is 2.25. The van der Waals surface area contributed by atoms with Gasteiger partial charge in [0.1, 0.15) is 0 Å². The highest BCUT2D eigenvalue weighted by Gasteiger charge is 2.23. The Labute approximate surface area is 142 Å². The highest BCUT2D eigenvalue weighted by molar-refractivity contribution is 7.89. The van der Waals surface area contributed by atoms with E-state index in [1.807, 2.05) is 0 Å². The van der Waals surface area contributed by atoms with Gasteiger partial charge in [-0.1, -0.05) is 0 Å². The SMILES string of the molecule is Cc1cc(N2CCCC2=O)ccc1S(=O)(=O)NCCNS(C)(=O)=O. The first kappa shape index (κ1) is 18.8. The smallest absolute Gasteiger partial charge is 0.240 e. The van der Waals surface area contributed by atoms with Crippen LogP contribution in [0.2, 0.25) is 0 Å². The van der Waals surface area contributed by atoms with E-state index in [1.54, 1.807) is 24.0 Å². The van der Waals surface area contributed by atoms with Gasteiger partial charge in [-0.3, -0.25) is 4.79 Å². The topological polar surface area (TPSA) is 113 Å². The molecule has 10 heteroatoms. The first-order valence-corrected chi connectivity index (χ1v) is 10.8. The first-order chi connectivity index (χ1) is 11.1. The van der Waals surface area contributed by atoms with Crippen molar-refractivity contribution in [1.29, 1.82) is 0 Å². The van der Waals surface area contributed by atoms with E-state index in [-0.39, 0.29) is 23.9 Å². The van der Waals surface area contributed by atoms with Gasteiger partial charge in [-0.2, -0.15) is 0 Å². The van der Waals surface area contributed by atoms with Gasteiger partial charge in [0.05, 0.1) is 11.2 Å². The van der Waals surface area contributed by atoms with Crippen molar-refractivity contribution in [1.82, 2.24) is 9.44 Å². The molecule has 1 aromatic rings. The number of carbonyl (C=O) groups is 1. The van der Waals surface area contributed by atoms with Gasteiger partial charge in [0.2, 0.25) is 26.0 Å². The van der Waals surface area contributed by atoms with Crippen molar-refractivity contribution < 1.29 is 21.6 Å². The summed E-state index contributed by atoms with van der Waals surface area (Å²) in [6, 6.07) is 4.74. The number of benzene rings is 1. The summed E-state index contributed by atoms with van der Waals surface area (Å²) in [5.41, 5.74) is 1.21. The molecule has 1 saturated heterocycles. The Morgan fingerprint density at radius 3 is 2.33 bits per heavy atom. The Balaban J connectivity index is 2.09. The lowest BCUT2D eigenvalue weighted by atomic mass is 10.2. The average molecular weight is 375 g/mol. The Bertz CT molecular complexity index is 834. The van der Waals surface area contributed by atoms with Crippen molar-refractivity contribution in [2.24, 2.45) is 0 Å². The number of nitrogens with zero attached hydrogens (tertiary/aromatic N) is 1. The quantitative estimate of drug-likeness (QED) is 0.649. The second-order valence-corrected chi connectivity index (χ2v) is 9.23. The lowest BCUT2D eigenvalue weighted by Gasteiger charge is -2.17. The lowest BCUT2D eigenvalue weighted by Crippen LogP contribution is -2.34. The summed E-state index contributed by atoms with van der Waals surface area (Å²) < 4.78 is 51.1. The van der Waals surface area contributed by atoms with Crippen LogP contribution in [0.4, 0.5) is 5.69 Å². The van der Waals surface area contributed by atoms with Crippen LogP contribution in [0.15, 0.2) is 23.1 Å². The second-order valence-electron chi connectivity index (χ2n) is 5.66. The molecule has 8 nitrogen and oxygen atoms in total. The molecule has 0 radical (unpaired) electrons. The van der Waals surface area contributed by atoms with E-state index in [4.69, 9.17) is 0 Å². The summed E-state index contributed by atoms with van der Waals surface area (Å²) >= 11 is 0. The molecule has 0 aromatic heterocycles. The molecule has 0 unspecified atom stereocenters. The molecule has 1 aliphatic rings. The number of hydrogen-bond donors (Lipinski definition) is 2. The van der Waals surface area contributed by atoms with Crippen molar-refractivity contribution in [2.45, 2.75) is 24.7 Å². The Morgan fingerprint density at radius 2 is 1.79 bits per heavy atom. The number of amides is 1. The van der Waals surface area contributed by atoms with E-state index >= 15 is 0 Å². The van der Waals surface area contributed by atoms with Gasteiger partial charge >= 0.3 is 0 Å². The van der Waals surface area contributed by atoms with Crippen LogP contribution in [0, 0.1) is 6.92 Å². The zero-order valence-electron chi connectivity index (χ0n) is 13.6. The summed E-state index contributed by atoms with van der Waals surface area (Å²) in [4.78, 5) is 13.5. The molecule has 0 atom stereocenters. The fourth-order valence-corrected chi connectivity index (χ4v) is 4.25. The third-order valence-electron chi connectivity index (χ3n) is 3.61. The van der Waals surface area contributed by atoms with Gasteiger partial charge in [-0.05, 0) is 37.1 Å². The van der Waals surface area contributed by atoms with Crippen molar-refractivity contribution in [2.75, 3.05) is 30.8 Å². The van der Waals surface area contributed by atoms with E-state index in [1.165, 1.54) is 6.07 Å². The molecule has 1 heterocycles. The monoisotopic (exact) mass is 375 g/mol. The van der Waals surface area contributed by atoms with Gasteiger partial charge in [-0.25, -0.2) is 26.3 Å². The number of hydrogen-bond acceptors (Lipinski definition) is 5. The third-order valence-corrected chi connectivity index (χ3v) is 5.96. The van der Waals surface area contributed by atoms with Crippen molar-refractivity contribution in [3.8, 4) is 0 Å². The summed E-state index contributed by atoms with van der Waals surface area (Å²) in [6.45, 7) is 2.21. The molecule has 2 N–H and O–H groups in total. The minimum atomic E-state index is -3.75. The van der Waals surface area contributed by atoms with Crippen LogP contribution in [0.25, 0.3) is 0 Å². The summed E-state index contributed by atoms with van der Waals surface area (Å²) in [7, 11) is -7.11. The molecule has 1 aliphatic heterocycles.